The minimum absolute atomic E-state index is 0.0912. The number of carbonyl (C=O) groups excluding carboxylic acids is 1. The number of hydrogen-bond acceptors (Lipinski definition) is 3. The Morgan fingerprint density at radius 3 is 2.52 bits per heavy atom. The van der Waals surface area contributed by atoms with Gasteiger partial charge in [0.2, 0.25) is 5.91 Å². The van der Waals surface area contributed by atoms with Crippen LogP contribution in [0, 0.1) is 20.8 Å². The first-order valence-corrected chi connectivity index (χ1v) is 8.14. The largest absolute Gasteiger partial charge is 0.481 e. The Bertz CT molecular complexity index is 789. The number of benzene rings is 1. The topological polar surface area (TPSA) is 84.2 Å². The molecule has 2 rings (SSSR count). The Morgan fingerprint density at radius 1 is 1.20 bits per heavy atom. The number of nitrogens with zero attached hydrogens (tertiary/aromatic N) is 2. The van der Waals surface area contributed by atoms with Crippen LogP contribution in [-0.4, -0.2) is 33.3 Å². The van der Waals surface area contributed by atoms with E-state index in [1.165, 1.54) is 11.6 Å². The van der Waals surface area contributed by atoms with Crippen molar-refractivity contribution in [1.82, 2.24) is 15.1 Å². The zero-order chi connectivity index (χ0) is 18.4. The fourth-order valence-electron chi connectivity index (χ4n) is 2.48. The molecule has 6 nitrogen and oxygen atoms in total. The molecule has 6 heteroatoms. The van der Waals surface area contributed by atoms with Crippen molar-refractivity contribution >= 4 is 18.0 Å². The van der Waals surface area contributed by atoms with Gasteiger partial charge >= 0.3 is 5.97 Å². The van der Waals surface area contributed by atoms with E-state index in [9.17, 15) is 9.59 Å². The van der Waals surface area contributed by atoms with Crippen LogP contribution in [0.5, 0.6) is 0 Å². The number of aliphatic carboxylic acids is 1. The highest BCUT2D eigenvalue weighted by Gasteiger charge is 2.10. The molecule has 1 aromatic carbocycles. The summed E-state index contributed by atoms with van der Waals surface area (Å²) in [5.74, 6) is -1.25. The third kappa shape index (κ3) is 5.31. The lowest BCUT2D eigenvalue weighted by molar-refractivity contribution is -0.136. The van der Waals surface area contributed by atoms with Gasteiger partial charge in [-0.15, -0.1) is 0 Å². The zero-order valence-corrected chi connectivity index (χ0v) is 14.7. The second-order valence-corrected chi connectivity index (χ2v) is 6.00. The van der Waals surface area contributed by atoms with Crippen LogP contribution in [0.1, 0.15) is 34.5 Å². The number of carboxylic acid groups (broad SMARTS) is 1. The van der Waals surface area contributed by atoms with Crippen LogP contribution in [0.3, 0.4) is 0 Å². The summed E-state index contributed by atoms with van der Waals surface area (Å²) < 4.78 is 1.92. The maximum absolute atomic E-state index is 11.7. The number of nitrogens with one attached hydrogen (secondary N) is 1. The fourth-order valence-corrected chi connectivity index (χ4v) is 2.48. The molecule has 0 radical (unpaired) electrons. The highest BCUT2D eigenvalue weighted by molar-refractivity contribution is 5.92. The van der Waals surface area contributed by atoms with Crippen LogP contribution >= 0.6 is 0 Å². The minimum atomic E-state index is -0.937. The fraction of sp³-hybridized carbons (Fsp3) is 0.316. The van der Waals surface area contributed by atoms with Crippen molar-refractivity contribution in [1.29, 1.82) is 0 Å². The van der Waals surface area contributed by atoms with E-state index in [1.54, 1.807) is 6.08 Å². The summed E-state index contributed by atoms with van der Waals surface area (Å²) in [4.78, 5) is 22.2. The van der Waals surface area contributed by atoms with Gasteiger partial charge in [-0.05, 0) is 32.4 Å². The SMILES string of the molecule is Cc1ccc(Cn2nc(C)c(C=CC(=O)NCCC(=O)O)c2C)cc1. The molecule has 0 aliphatic rings. The molecule has 2 aromatic rings. The molecule has 0 saturated heterocycles. The lowest BCUT2D eigenvalue weighted by atomic mass is 10.1. The van der Waals surface area contributed by atoms with E-state index >= 15 is 0 Å². The number of carboxylic acids is 1. The van der Waals surface area contributed by atoms with Crippen LogP contribution in [0.2, 0.25) is 0 Å². The van der Waals surface area contributed by atoms with E-state index < -0.39 is 5.97 Å². The molecule has 0 bridgehead atoms. The molecule has 0 saturated carbocycles. The lowest BCUT2D eigenvalue weighted by Crippen LogP contribution is -2.23. The summed E-state index contributed by atoms with van der Waals surface area (Å²) in [6.07, 6.45) is 3.04. The van der Waals surface area contributed by atoms with Gasteiger partial charge in [-0.25, -0.2) is 0 Å². The van der Waals surface area contributed by atoms with E-state index in [0.29, 0.717) is 6.54 Å². The van der Waals surface area contributed by atoms with Crippen molar-refractivity contribution in [2.24, 2.45) is 0 Å². The molecule has 0 unspecified atom stereocenters. The van der Waals surface area contributed by atoms with Crippen molar-refractivity contribution in [3.05, 3.63) is 58.4 Å². The number of amides is 1. The molecule has 0 fully saturated rings. The molecule has 0 spiro atoms. The highest BCUT2D eigenvalue weighted by Crippen LogP contribution is 2.16. The second kappa shape index (κ2) is 8.28. The van der Waals surface area contributed by atoms with E-state index in [4.69, 9.17) is 5.11 Å². The molecular formula is C19H23N3O3. The maximum atomic E-state index is 11.7. The first kappa shape index (κ1) is 18.4. The summed E-state index contributed by atoms with van der Waals surface area (Å²) in [5.41, 5.74) is 5.11. The highest BCUT2D eigenvalue weighted by atomic mass is 16.4. The van der Waals surface area contributed by atoms with Crippen molar-refractivity contribution in [2.75, 3.05) is 6.54 Å². The number of carbonyl (C=O) groups is 2. The standard InChI is InChI=1S/C19H23N3O3/c1-13-4-6-16(7-5-13)12-22-15(3)17(14(2)21-22)8-9-18(23)20-11-10-19(24)25/h4-9H,10-12H2,1-3H3,(H,20,23)(H,24,25). The van der Waals surface area contributed by atoms with E-state index in [1.807, 2.05) is 18.5 Å². The molecule has 2 N–H and O–H groups in total. The molecule has 132 valence electrons. The van der Waals surface area contributed by atoms with Crippen molar-refractivity contribution < 1.29 is 14.7 Å². The summed E-state index contributed by atoms with van der Waals surface area (Å²) in [7, 11) is 0. The predicted octanol–water partition coefficient (Wildman–Crippen LogP) is 2.46. The number of aryl methyl sites for hydroxylation is 2. The predicted molar refractivity (Wildman–Crippen MR) is 96.3 cm³/mol. The summed E-state index contributed by atoms with van der Waals surface area (Å²) in [5, 5.41) is 15.7. The summed E-state index contributed by atoms with van der Waals surface area (Å²) in [6, 6.07) is 8.31. The number of aromatic nitrogens is 2. The first-order valence-electron chi connectivity index (χ1n) is 8.14. The number of hydrogen-bond donors (Lipinski definition) is 2. The van der Waals surface area contributed by atoms with Crippen molar-refractivity contribution in [2.45, 2.75) is 33.7 Å². The zero-order valence-electron chi connectivity index (χ0n) is 14.7. The maximum Gasteiger partial charge on any atom is 0.305 e. The Balaban J connectivity index is 2.05. The number of rotatable bonds is 7. The average Bonchev–Trinajstić information content (AvgIpc) is 2.81. The normalized spacial score (nSPS) is 11.0. The third-order valence-corrected chi connectivity index (χ3v) is 3.93. The van der Waals surface area contributed by atoms with Crippen molar-refractivity contribution in [3.63, 3.8) is 0 Å². The van der Waals surface area contributed by atoms with Crippen molar-refractivity contribution in [3.8, 4) is 0 Å². The molecule has 1 aromatic heterocycles. The van der Waals surface area contributed by atoms with Gasteiger partial charge in [-0.2, -0.15) is 5.10 Å². The summed E-state index contributed by atoms with van der Waals surface area (Å²) >= 11 is 0. The Hall–Kier alpha value is -2.89. The Morgan fingerprint density at radius 2 is 1.88 bits per heavy atom. The third-order valence-electron chi connectivity index (χ3n) is 3.93. The van der Waals surface area contributed by atoms with Gasteiger partial charge in [0.1, 0.15) is 0 Å². The molecule has 1 heterocycles. The van der Waals surface area contributed by atoms with Crippen LogP contribution < -0.4 is 5.32 Å². The van der Waals surface area contributed by atoms with Gasteiger partial charge in [-0.3, -0.25) is 14.3 Å². The second-order valence-electron chi connectivity index (χ2n) is 6.00. The lowest BCUT2D eigenvalue weighted by Gasteiger charge is -2.05. The van der Waals surface area contributed by atoms with Gasteiger partial charge < -0.3 is 10.4 Å². The molecule has 1 amide bonds. The van der Waals surface area contributed by atoms with Crippen LogP contribution in [0.15, 0.2) is 30.3 Å². The molecule has 0 aliphatic heterocycles. The van der Waals surface area contributed by atoms with Gasteiger partial charge in [-0.1, -0.05) is 29.8 Å². The average molecular weight is 341 g/mol. The Labute approximate surface area is 147 Å². The van der Waals surface area contributed by atoms with Crippen LogP contribution in [0.25, 0.3) is 6.08 Å². The smallest absolute Gasteiger partial charge is 0.305 e. The molecule has 25 heavy (non-hydrogen) atoms. The minimum Gasteiger partial charge on any atom is -0.481 e. The van der Waals surface area contributed by atoms with Gasteiger partial charge in [0.15, 0.2) is 0 Å². The van der Waals surface area contributed by atoms with E-state index in [2.05, 4.69) is 41.6 Å². The summed E-state index contributed by atoms with van der Waals surface area (Å²) in [6.45, 7) is 6.71. The first-order chi connectivity index (χ1) is 11.9. The Kier molecular flexibility index (Phi) is 6.11. The van der Waals surface area contributed by atoms with Gasteiger partial charge in [0, 0.05) is 23.9 Å². The van der Waals surface area contributed by atoms with Gasteiger partial charge in [0.25, 0.3) is 0 Å². The molecular weight excluding hydrogens is 318 g/mol. The molecule has 0 atom stereocenters. The van der Waals surface area contributed by atoms with E-state index in [-0.39, 0.29) is 18.9 Å². The quantitative estimate of drug-likeness (QED) is 0.758. The van der Waals surface area contributed by atoms with Gasteiger partial charge in [0.05, 0.1) is 18.7 Å². The molecule has 0 aliphatic carbocycles. The monoisotopic (exact) mass is 341 g/mol. The van der Waals surface area contributed by atoms with Crippen LogP contribution in [-0.2, 0) is 16.1 Å². The van der Waals surface area contributed by atoms with E-state index in [0.717, 1.165) is 22.5 Å². The van der Waals surface area contributed by atoms with Crippen LogP contribution in [0.4, 0.5) is 0 Å².